The lowest BCUT2D eigenvalue weighted by molar-refractivity contribution is -0.139. The highest BCUT2D eigenvalue weighted by molar-refractivity contribution is 8.00. The van der Waals surface area contributed by atoms with Crippen molar-refractivity contribution >= 4 is 29.5 Å². The molecule has 0 unspecified atom stereocenters. The first kappa shape index (κ1) is 26.4. The number of nitrogens with zero attached hydrogens (tertiary/aromatic N) is 1. The number of amides is 2. The van der Waals surface area contributed by atoms with Gasteiger partial charge < -0.3 is 25.8 Å². The standard InChI is InChI=1S/C23H24F3N3O5S/c24-17-10-19(26)18(25)8-14(17)7-15(27)9-20(30)29-5-6-35-23(29)22(33)28-11-13-1-3-16(4-2-13)34-12-21(31)32/h1-4,8,10,15,23H,5-7,9,11-12,27H2,(H,28,33)(H,31,32)/t15-,23-/m1/s1. The number of carboxylic acids is 1. The first-order valence-electron chi connectivity index (χ1n) is 10.7. The second kappa shape index (κ2) is 11.9. The molecule has 0 saturated carbocycles. The molecule has 4 N–H and O–H groups in total. The molecule has 2 atom stereocenters. The molecule has 0 spiro atoms. The minimum Gasteiger partial charge on any atom is -0.482 e. The zero-order chi connectivity index (χ0) is 25.5. The SMILES string of the molecule is N[C@@H](CC(=O)N1CCS[C@@H]1C(=O)NCc1ccc(OCC(=O)O)cc1)Cc1cc(F)c(F)cc1F. The number of aliphatic carboxylic acids is 1. The van der Waals surface area contributed by atoms with Crippen LogP contribution in [0.1, 0.15) is 17.5 Å². The first-order valence-corrected chi connectivity index (χ1v) is 11.7. The Balaban J connectivity index is 1.51. The number of hydrogen-bond acceptors (Lipinski definition) is 6. The summed E-state index contributed by atoms with van der Waals surface area (Å²) in [5.74, 6) is -4.37. The molecule has 0 bridgehead atoms. The number of carbonyl (C=O) groups is 3. The molecule has 1 heterocycles. The third-order valence-corrected chi connectivity index (χ3v) is 6.40. The minimum absolute atomic E-state index is 0.131. The number of carbonyl (C=O) groups excluding carboxylic acids is 2. The molecule has 0 aromatic heterocycles. The van der Waals surface area contributed by atoms with Gasteiger partial charge in [0, 0.05) is 37.4 Å². The number of halogens is 3. The van der Waals surface area contributed by atoms with Crippen LogP contribution >= 0.6 is 11.8 Å². The highest BCUT2D eigenvalue weighted by Crippen LogP contribution is 2.25. The average molecular weight is 512 g/mol. The summed E-state index contributed by atoms with van der Waals surface area (Å²) in [6.45, 7) is 0.0632. The summed E-state index contributed by atoms with van der Waals surface area (Å²) < 4.78 is 45.4. The number of rotatable bonds is 10. The molecule has 2 aromatic carbocycles. The Hall–Kier alpha value is -3.25. The van der Waals surface area contributed by atoms with Gasteiger partial charge in [0.2, 0.25) is 5.91 Å². The molecule has 0 aliphatic carbocycles. The maximum atomic E-state index is 13.9. The van der Waals surface area contributed by atoms with Crippen molar-refractivity contribution in [1.82, 2.24) is 10.2 Å². The van der Waals surface area contributed by atoms with Crippen molar-refractivity contribution in [3.05, 3.63) is 65.0 Å². The summed E-state index contributed by atoms with van der Waals surface area (Å²) in [5.41, 5.74) is 6.57. The molecule has 1 saturated heterocycles. The number of nitrogens with one attached hydrogen (secondary N) is 1. The van der Waals surface area contributed by atoms with Crippen LogP contribution < -0.4 is 15.8 Å². The fraction of sp³-hybridized carbons (Fsp3) is 0.348. The van der Waals surface area contributed by atoms with Crippen LogP contribution in [0.25, 0.3) is 0 Å². The molecular formula is C23H24F3N3O5S. The molecule has 2 amide bonds. The van der Waals surface area contributed by atoms with Crippen molar-refractivity contribution in [3.63, 3.8) is 0 Å². The molecule has 8 nitrogen and oxygen atoms in total. The van der Waals surface area contributed by atoms with Crippen molar-refractivity contribution in [3.8, 4) is 5.75 Å². The maximum absolute atomic E-state index is 13.9. The van der Waals surface area contributed by atoms with E-state index in [1.807, 2.05) is 0 Å². The van der Waals surface area contributed by atoms with E-state index in [0.717, 1.165) is 11.6 Å². The van der Waals surface area contributed by atoms with E-state index in [-0.39, 0.29) is 30.9 Å². The van der Waals surface area contributed by atoms with E-state index in [4.69, 9.17) is 15.6 Å². The summed E-state index contributed by atoms with van der Waals surface area (Å²) in [4.78, 5) is 37.4. The number of benzene rings is 2. The zero-order valence-electron chi connectivity index (χ0n) is 18.5. The highest BCUT2D eigenvalue weighted by Gasteiger charge is 2.35. The number of hydrogen-bond donors (Lipinski definition) is 3. The van der Waals surface area contributed by atoms with Gasteiger partial charge in [0.05, 0.1) is 0 Å². The summed E-state index contributed by atoms with van der Waals surface area (Å²) in [5, 5.41) is 10.6. The van der Waals surface area contributed by atoms with Crippen molar-refractivity contribution < 1.29 is 37.4 Å². The lowest BCUT2D eigenvalue weighted by atomic mass is 10.0. The van der Waals surface area contributed by atoms with Crippen LogP contribution in [0.3, 0.4) is 0 Å². The second-order valence-electron chi connectivity index (χ2n) is 7.88. The van der Waals surface area contributed by atoms with E-state index in [0.29, 0.717) is 24.1 Å². The van der Waals surface area contributed by atoms with Crippen LogP contribution in [0.15, 0.2) is 36.4 Å². The predicted molar refractivity (Wildman–Crippen MR) is 122 cm³/mol. The van der Waals surface area contributed by atoms with E-state index < -0.39 is 47.4 Å². The number of thioether (sulfide) groups is 1. The monoisotopic (exact) mass is 511 g/mol. The highest BCUT2D eigenvalue weighted by atomic mass is 32.2. The molecule has 188 valence electrons. The molecule has 1 fully saturated rings. The maximum Gasteiger partial charge on any atom is 0.341 e. The van der Waals surface area contributed by atoms with Crippen LogP contribution in [0.4, 0.5) is 13.2 Å². The average Bonchev–Trinajstić information content (AvgIpc) is 3.30. The van der Waals surface area contributed by atoms with Gasteiger partial charge in [-0.05, 0) is 35.7 Å². The smallest absolute Gasteiger partial charge is 0.341 e. The molecular weight excluding hydrogens is 487 g/mol. The van der Waals surface area contributed by atoms with Gasteiger partial charge in [-0.15, -0.1) is 11.8 Å². The van der Waals surface area contributed by atoms with Crippen molar-refractivity contribution in [2.24, 2.45) is 5.73 Å². The van der Waals surface area contributed by atoms with Gasteiger partial charge in [-0.2, -0.15) is 0 Å². The molecule has 35 heavy (non-hydrogen) atoms. The largest absolute Gasteiger partial charge is 0.482 e. The van der Waals surface area contributed by atoms with Gasteiger partial charge in [0.25, 0.3) is 5.91 Å². The van der Waals surface area contributed by atoms with E-state index in [9.17, 15) is 27.6 Å². The topological polar surface area (TPSA) is 122 Å². The Bertz CT molecular complexity index is 1090. The third kappa shape index (κ3) is 7.36. The van der Waals surface area contributed by atoms with Crippen molar-refractivity contribution in [1.29, 1.82) is 0 Å². The van der Waals surface area contributed by atoms with Gasteiger partial charge in [0.1, 0.15) is 11.6 Å². The van der Waals surface area contributed by atoms with E-state index in [2.05, 4.69) is 5.32 Å². The Kier molecular flexibility index (Phi) is 8.99. The van der Waals surface area contributed by atoms with Crippen LogP contribution in [-0.4, -0.2) is 58.1 Å². The summed E-state index contributed by atoms with van der Waals surface area (Å²) >= 11 is 1.30. The molecule has 2 aromatic rings. The van der Waals surface area contributed by atoms with Crippen LogP contribution in [0, 0.1) is 17.5 Å². The van der Waals surface area contributed by atoms with E-state index in [1.165, 1.54) is 16.7 Å². The molecule has 1 aliphatic heterocycles. The predicted octanol–water partition coefficient (Wildman–Crippen LogP) is 2.05. The lowest BCUT2D eigenvalue weighted by Crippen LogP contribution is -2.46. The summed E-state index contributed by atoms with van der Waals surface area (Å²) in [6.07, 6.45) is -0.362. The van der Waals surface area contributed by atoms with Gasteiger partial charge >= 0.3 is 5.97 Å². The summed E-state index contributed by atoms with van der Waals surface area (Å²) in [6, 6.07) is 6.84. The fourth-order valence-electron chi connectivity index (χ4n) is 3.48. The van der Waals surface area contributed by atoms with Crippen molar-refractivity contribution in [2.75, 3.05) is 18.9 Å². The first-order chi connectivity index (χ1) is 16.6. The summed E-state index contributed by atoms with van der Waals surface area (Å²) in [7, 11) is 0. The molecule has 12 heteroatoms. The molecule has 1 aliphatic rings. The van der Waals surface area contributed by atoms with Crippen LogP contribution in [-0.2, 0) is 27.3 Å². The molecule has 3 rings (SSSR count). The van der Waals surface area contributed by atoms with Gasteiger partial charge in [-0.1, -0.05) is 12.1 Å². The van der Waals surface area contributed by atoms with E-state index >= 15 is 0 Å². The quantitative estimate of drug-likeness (QED) is 0.418. The zero-order valence-corrected chi connectivity index (χ0v) is 19.3. The third-order valence-electron chi connectivity index (χ3n) is 5.20. The Morgan fingerprint density at radius 1 is 1.14 bits per heavy atom. The lowest BCUT2D eigenvalue weighted by Gasteiger charge is -2.24. The normalized spacial score (nSPS) is 16.1. The fourth-order valence-corrected chi connectivity index (χ4v) is 4.65. The number of carboxylic acid groups (broad SMARTS) is 1. The van der Waals surface area contributed by atoms with Gasteiger partial charge in [0.15, 0.2) is 23.6 Å². The Morgan fingerprint density at radius 3 is 2.51 bits per heavy atom. The number of nitrogens with two attached hydrogens (primary N) is 1. The Morgan fingerprint density at radius 2 is 1.83 bits per heavy atom. The van der Waals surface area contributed by atoms with Gasteiger partial charge in [-0.25, -0.2) is 18.0 Å². The minimum atomic E-state index is -1.30. The van der Waals surface area contributed by atoms with Gasteiger partial charge in [-0.3, -0.25) is 9.59 Å². The van der Waals surface area contributed by atoms with Crippen LogP contribution in [0.2, 0.25) is 0 Å². The molecule has 0 radical (unpaired) electrons. The number of ether oxygens (including phenoxy) is 1. The van der Waals surface area contributed by atoms with E-state index in [1.54, 1.807) is 24.3 Å². The Labute approximate surface area is 203 Å². The van der Waals surface area contributed by atoms with Crippen molar-refractivity contribution in [2.45, 2.75) is 30.8 Å². The van der Waals surface area contributed by atoms with Crippen LogP contribution in [0.5, 0.6) is 5.75 Å². The second-order valence-corrected chi connectivity index (χ2v) is 9.07.